The highest BCUT2D eigenvalue weighted by Crippen LogP contribution is 2.36. The van der Waals surface area contributed by atoms with Gasteiger partial charge in [-0.15, -0.1) is 0 Å². The maximum atomic E-state index is 12.5. The van der Waals surface area contributed by atoms with Crippen molar-refractivity contribution in [3.8, 4) is 5.75 Å². The van der Waals surface area contributed by atoms with Crippen molar-refractivity contribution in [2.75, 3.05) is 7.11 Å². The summed E-state index contributed by atoms with van der Waals surface area (Å²) in [7, 11) is 1.65. The summed E-state index contributed by atoms with van der Waals surface area (Å²) in [4.78, 5) is 12.5. The van der Waals surface area contributed by atoms with Crippen molar-refractivity contribution in [1.29, 1.82) is 0 Å². The van der Waals surface area contributed by atoms with Crippen molar-refractivity contribution in [2.24, 2.45) is 5.41 Å². The third kappa shape index (κ3) is 5.34. The Morgan fingerprint density at radius 2 is 1.88 bits per heavy atom. The molecule has 0 fully saturated rings. The molecule has 1 heterocycles. The molecule has 0 saturated heterocycles. The van der Waals surface area contributed by atoms with Crippen LogP contribution in [0.1, 0.15) is 64.9 Å². The SMILES string of the molecule is CCCCC[C@@H]1C=C[C@H](c2ccccc2OC)[C@@H](OC(=O)C(C)(C)C)O1. The van der Waals surface area contributed by atoms with Crippen molar-refractivity contribution in [3.63, 3.8) is 0 Å². The Balaban J connectivity index is 2.24. The lowest BCUT2D eigenvalue weighted by molar-refractivity contribution is -0.199. The van der Waals surface area contributed by atoms with Crippen molar-refractivity contribution in [2.45, 2.75) is 71.7 Å². The average Bonchev–Trinajstić information content (AvgIpc) is 2.61. The fourth-order valence-electron chi connectivity index (χ4n) is 2.97. The number of carbonyl (C=O) groups is 1. The van der Waals surface area contributed by atoms with Crippen molar-refractivity contribution in [1.82, 2.24) is 0 Å². The van der Waals surface area contributed by atoms with Crippen LogP contribution in [-0.2, 0) is 14.3 Å². The fraction of sp³-hybridized carbons (Fsp3) is 0.591. The van der Waals surface area contributed by atoms with E-state index in [0.29, 0.717) is 0 Å². The molecule has 4 heteroatoms. The molecule has 2 rings (SSSR count). The number of hydrogen-bond donors (Lipinski definition) is 0. The summed E-state index contributed by atoms with van der Waals surface area (Å²) in [6.07, 6.45) is 7.91. The smallest absolute Gasteiger partial charge is 0.313 e. The number of para-hydroxylation sites is 1. The van der Waals surface area contributed by atoms with Gasteiger partial charge < -0.3 is 14.2 Å². The molecular weight excluding hydrogens is 328 g/mol. The van der Waals surface area contributed by atoms with Gasteiger partial charge in [0.05, 0.1) is 24.5 Å². The summed E-state index contributed by atoms with van der Waals surface area (Å²) in [5.41, 5.74) is 0.387. The van der Waals surface area contributed by atoms with Crippen LogP contribution < -0.4 is 4.74 Å². The third-order valence-electron chi connectivity index (χ3n) is 4.56. The van der Waals surface area contributed by atoms with Crippen LogP contribution in [0.15, 0.2) is 36.4 Å². The highest BCUT2D eigenvalue weighted by molar-refractivity contribution is 5.75. The van der Waals surface area contributed by atoms with Crippen molar-refractivity contribution in [3.05, 3.63) is 42.0 Å². The second-order valence-electron chi connectivity index (χ2n) is 7.85. The number of hydrogen-bond acceptors (Lipinski definition) is 4. The Labute approximate surface area is 157 Å². The number of esters is 1. The first-order valence-corrected chi connectivity index (χ1v) is 9.54. The van der Waals surface area contributed by atoms with Crippen LogP contribution in [0.25, 0.3) is 0 Å². The molecule has 0 radical (unpaired) electrons. The van der Waals surface area contributed by atoms with Crippen LogP contribution in [0.3, 0.4) is 0 Å². The number of benzene rings is 1. The minimum absolute atomic E-state index is 0.0229. The van der Waals surface area contributed by atoms with Gasteiger partial charge in [-0.25, -0.2) is 0 Å². The van der Waals surface area contributed by atoms with E-state index in [0.717, 1.165) is 24.2 Å². The van der Waals surface area contributed by atoms with Crippen LogP contribution >= 0.6 is 0 Å². The molecule has 0 aromatic heterocycles. The molecule has 1 aliphatic heterocycles. The Hall–Kier alpha value is -1.81. The molecule has 0 N–H and O–H groups in total. The molecule has 0 unspecified atom stereocenters. The van der Waals surface area contributed by atoms with E-state index in [-0.39, 0.29) is 18.0 Å². The summed E-state index contributed by atoms with van der Waals surface area (Å²) in [6.45, 7) is 7.74. The maximum absolute atomic E-state index is 12.5. The van der Waals surface area contributed by atoms with Crippen molar-refractivity contribution < 1.29 is 19.0 Å². The number of unbranched alkanes of at least 4 members (excludes halogenated alkanes) is 2. The second-order valence-corrected chi connectivity index (χ2v) is 7.85. The van der Waals surface area contributed by atoms with Crippen LogP contribution in [0.5, 0.6) is 5.75 Å². The molecule has 0 saturated carbocycles. The number of rotatable bonds is 7. The molecule has 0 spiro atoms. The molecule has 144 valence electrons. The standard InChI is InChI=1S/C22H32O4/c1-6-7-8-11-16-14-15-18(17-12-9-10-13-19(17)24-5)20(25-16)26-21(23)22(2,3)4/h9-10,12-16,18,20H,6-8,11H2,1-5H3/t16-,18-,20-/m1/s1. The maximum Gasteiger partial charge on any atom is 0.313 e. The van der Waals surface area contributed by atoms with E-state index in [1.807, 2.05) is 45.0 Å². The number of carbonyl (C=O) groups excluding carboxylic acids is 1. The monoisotopic (exact) mass is 360 g/mol. The normalized spacial score (nSPS) is 22.9. The Morgan fingerprint density at radius 3 is 2.54 bits per heavy atom. The lowest BCUT2D eigenvalue weighted by Gasteiger charge is -2.34. The molecule has 0 aliphatic carbocycles. The van der Waals surface area contributed by atoms with E-state index in [1.54, 1.807) is 7.11 Å². The summed E-state index contributed by atoms with van der Waals surface area (Å²) in [6, 6.07) is 7.80. The zero-order valence-corrected chi connectivity index (χ0v) is 16.7. The molecule has 1 aliphatic rings. The summed E-state index contributed by atoms with van der Waals surface area (Å²) in [5.74, 6) is 0.330. The van der Waals surface area contributed by atoms with Crippen LogP contribution in [-0.4, -0.2) is 25.5 Å². The van der Waals surface area contributed by atoms with Crippen LogP contribution in [0, 0.1) is 5.41 Å². The molecular formula is C22H32O4. The predicted octanol–water partition coefficient (Wildman–Crippen LogP) is 5.23. The molecule has 0 amide bonds. The van der Waals surface area contributed by atoms with Gasteiger partial charge >= 0.3 is 5.97 Å². The first-order valence-electron chi connectivity index (χ1n) is 9.54. The fourth-order valence-corrected chi connectivity index (χ4v) is 2.97. The Kier molecular flexibility index (Phi) is 7.27. The van der Waals surface area contributed by atoms with Gasteiger partial charge in [-0.3, -0.25) is 4.79 Å². The van der Waals surface area contributed by atoms with E-state index in [9.17, 15) is 4.79 Å². The highest BCUT2D eigenvalue weighted by atomic mass is 16.7. The largest absolute Gasteiger partial charge is 0.496 e. The van der Waals surface area contributed by atoms with Gasteiger partial charge in [0.1, 0.15) is 5.75 Å². The van der Waals surface area contributed by atoms with Crippen LogP contribution in [0.2, 0.25) is 0 Å². The molecule has 4 nitrogen and oxygen atoms in total. The Morgan fingerprint density at radius 1 is 1.15 bits per heavy atom. The molecule has 1 aromatic rings. The van der Waals surface area contributed by atoms with Gasteiger partial charge in [0.2, 0.25) is 6.29 Å². The first-order chi connectivity index (χ1) is 12.4. The lowest BCUT2D eigenvalue weighted by Crippen LogP contribution is -2.37. The highest BCUT2D eigenvalue weighted by Gasteiger charge is 2.35. The Bertz CT molecular complexity index is 615. The van der Waals surface area contributed by atoms with Gasteiger partial charge in [-0.2, -0.15) is 0 Å². The van der Waals surface area contributed by atoms with E-state index < -0.39 is 11.7 Å². The lowest BCUT2D eigenvalue weighted by atomic mass is 9.93. The van der Waals surface area contributed by atoms with E-state index in [2.05, 4.69) is 19.1 Å². The quantitative estimate of drug-likeness (QED) is 0.379. The topological polar surface area (TPSA) is 44.8 Å². The zero-order valence-electron chi connectivity index (χ0n) is 16.7. The van der Waals surface area contributed by atoms with Crippen LogP contribution in [0.4, 0.5) is 0 Å². The molecule has 3 atom stereocenters. The van der Waals surface area contributed by atoms with Gasteiger partial charge in [0.25, 0.3) is 0 Å². The van der Waals surface area contributed by atoms with Gasteiger partial charge in [-0.05, 0) is 33.3 Å². The van der Waals surface area contributed by atoms with Crippen molar-refractivity contribution >= 4 is 5.97 Å². The molecule has 1 aromatic carbocycles. The summed E-state index contributed by atoms with van der Waals surface area (Å²) >= 11 is 0. The molecule has 26 heavy (non-hydrogen) atoms. The third-order valence-corrected chi connectivity index (χ3v) is 4.56. The van der Waals surface area contributed by atoms with Gasteiger partial charge in [0.15, 0.2) is 0 Å². The second kappa shape index (κ2) is 9.22. The minimum Gasteiger partial charge on any atom is -0.496 e. The minimum atomic E-state index is -0.644. The predicted molar refractivity (Wildman–Crippen MR) is 103 cm³/mol. The number of methoxy groups -OCH3 is 1. The molecule has 0 bridgehead atoms. The number of ether oxygens (including phenoxy) is 3. The average molecular weight is 360 g/mol. The van der Waals surface area contributed by atoms with E-state index >= 15 is 0 Å². The first kappa shape index (κ1) is 20.5. The summed E-state index contributed by atoms with van der Waals surface area (Å²) in [5, 5.41) is 0. The zero-order chi connectivity index (χ0) is 19.2. The summed E-state index contributed by atoms with van der Waals surface area (Å²) < 4.78 is 17.5. The van der Waals surface area contributed by atoms with Gasteiger partial charge in [-0.1, -0.05) is 56.5 Å². The van der Waals surface area contributed by atoms with E-state index in [4.69, 9.17) is 14.2 Å². The van der Waals surface area contributed by atoms with Gasteiger partial charge in [0, 0.05) is 5.56 Å². The van der Waals surface area contributed by atoms with E-state index in [1.165, 1.54) is 12.8 Å².